The molecule has 1 saturated heterocycles. The molecule has 1 amide bonds. The van der Waals surface area contributed by atoms with Crippen molar-refractivity contribution in [3.63, 3.8) is 0 Å². The molecule has 2 aliphatic carbocycles. The zero-order valence-electron chi connectivity index (χ0n) is 18.8. The first-order valence-corrected chi connectivity index (χ1v) is 12.1. The minimum Gasteiger partial charge on any atom is -0.336 e. The van der Waals surface area contributed by atoms with E-state index in [9.17, 15) is 9.59 Å². The summed E-state index contributed by atoms with van der Waals surface area (Å²) in [6.45, 7) is 6.64. The van der Waals surface area contributed by atoms with E-state index in [1.807, 2.05) is 28.6 Å². The maximum atomic E-state index is 13.5. The van der Waals surface area contributed by atoms with Gasteiger partial charge in [-0.3, -0.25) is 19.2 Å². The monoisotopic (exact) mass is 433 g/mol. The van der Waals surface area contributed by atoms with Crippen LogP contribution in [0.25, 0.3) is 21.8 Å². The van der Waals surface area contributed by atoms with Gasteiger partial charge in [0.05, 0.1) is 28.7 Å². The largest absolute Gasteiger partial charge is 0.336 e. The van der Waals surface area contributed by atoms with E-state index in [-0.39, 0.29) is 11.5 Å². The molecule has 0 atom stereocenters. The van der Waals surface area contributed by atoms with Gasteiger partial charge in [0.15, 0.2) is 0 Å². The van der Waals surface area contributed by atoms with E-state index in [0.29, 0.717) is 11.4 Å². The van der Waals surface area contributed by atoms with Gasteiger partial charge in [0, 0.05) is 43.7 Å². The number of hydrogen-bond donors (Lipinski definition) is 1. The van der Waals surface area contributed by atoms with Crippen molar-refractivity contribution in [1.82, 2.24) is 24.6 Å². The number of rotatable bonds is 4. The van der Waals surface area contributed by atoms with Gasteiger partial charge in [-0.05, 0) is 56.2 Å². The lowest BCUT2D eigenvalue weighted by atomic mass is 10.0. The van der Waals surface area contributed by atoms with Crippen molar-refractivity contribution in [3.8, 4) is 0 Å². The molecule has 1 aromatic carbocycles. The number of aryl methyl sites for hydroxylation is 1. The quantitative estimate of drug-likeness (QED) is 0.684. The molecule has 32 heavy (non-hydrogen) atoms. The first-order valence-electron chi connectivity index (χ1n) is 12.1. The number of hydrogen-bond acceptors (Lipinski definition) is 4. The lowest BCUT2D eigenvalue weighted by Crippen LogP contribution is -2.49. The Bertz CT molecular complexity index is 1240. The minimum atomic E-state index is -0.109. The van der Waals surface area contributed by atoms with E-state index in [1.54, 1.807) is 6.20 Å². The van der Waals surface area contributed by atoms with Crippen LogP contribution in [0.2, 0.25) is 0 Å². The van der Waals surface area contributed by atoms with Gasteiger partial charge in [0.25, 0.3) is 11.5 Å². The normalized spacial score (nSPS) is 20.6. The maximum absolute atomic E-state index is 13.5. The number of aromatic amines is 1. The van der Waals surface area contributed by atoms with E-state index in [4.69, 9.17) is 0 Å². The molecule has 0 unspecified atom stereocenters. The molecule has 0 bridgehead atoms. The molecule has 2 saturated carbocycles. The number of H-pyrrole nitrogens is 1. The Hall–Kier alpha value is -2.67. The maximum Gasteiger partial charge on any atom is 0.259 e. The molecule has 3 fully saturated rings. The van der Waals surface area contributed by atoms with Gasteiger partial charge in [0.1, 0.15) is 0 Å². The van der Waals surface area contributed by atoms with Crippen LogP contribution in [0.4, 0.5) is 0 Å². The van der Waals surface area contributed by atoms with Crippen LogP contribution in [0.1, 0.15) is 60.5 Å². The van der Waals surface area contributed by atoms with E-state index in [2.05, 4.69) is 15.0 Å². The summed E-state index contributed by atoms with van der Waals surface area (Å²) in [6.07, 6.45) is 8.99. The van der Waals surface area contributed by atoms with Crippen LogP contribution < -0.4 is 5.56 Å². The summed E-state index contributed by atoms with van der Waals surface area (Å²) in [5.74, 6) is 0.982. The number of carbonyl (C=O) groups is 1. The van der Waals surface area contributed by atoms with E-state index in [1.165, 1.54) is 32.2 Å². The number of piperazine rings is 1. The van der Waals surface area contributed by atoms with Crippen LogP contribution in [0.5, 0.6) is 0 Å². The molecule has 0 spiro atoms. The molecular weight excluding hydrogens is 402 g/mol. The van der Waals surface area contributed by atoms with E-state index in [0.717, 1.165) is 72.5 Å². The summed E-state index contributed by atoms with van der Waals surface area (Å²) in [6, 6.07) is 4.28. The third-order valence-electron chi connectivity index (χ3n) is 7.68. The van der Waals surface area contributed by atoms with Gasteiger partial charge in [-0.25, -0.2) is 0 Å². The van der Waals surface area contributed by atoms with Crippen molar-refractivity contribution in [1.29, 1.82) is 0 Å². The highest BCUT2D eigenvalue weighted by Gasteiger charge is 2.29. The van der Waals surface area contributed by atoms with Crippen molar-refractivity contribution in [2.24, 2.45) is 5.92 Å². The number of amides is 1. The standard InChI is InChI=1S/C25H31N5O2/c1-16-12-22-20(23-21(24(31)27-22)14-26-30(23)18-4-2-3-5-18)13-19(16)25(32)29-10-8-28(9-11-29)15-17-6-7-17/h12-14,17-18H,2-11,15H2,1H3,(H,27,31). The van der Waals surface area contributed by atoms with Crippen molar-refractivity contribution in [2.45, 2.75) is 51.5 Å². The zero-order valence-corrected chi connectivity index (χ0v) is 18.8. The summed E-state index contributed by atoms with van der Waals surface area (Å²) in [7, 11) is 0. The summed E-state index contributed by atoms with van der Waals surface area (Å²) in [5.41, 5.74) is 3.19. The highest BCUT2D eigenvalue weighted by molar-refractivity contribution is 6.07. The predicted octanol–water partition coefficient (Wildman–Crippen LogP) is 3.47. The lowest BCUT2D eigenvalue weighted by Gasteiger charge is -2.35. The fraction of sp³-hybridized carbons (Fsp3) is 0.560. The van der Waals surface area contributed by atoms with Crippen LogP contribution >= 0.6 is 0 Å². The number of aromatic nitrogens is 3. The van der Waals surface area contributed by atoms with Crippen molar-refractivity contribution in [3.05, 3.63) is 39.8 Å². The second-order valence-corrected chi connectivity index (χ2v) is 9.99. The number of carbonyl (C=O) groups excluding carboxylic acids is 1. The van der Waals surface area contributed by atoms with Crippen LogP contribution in [0, 0.1) is 12.8 Å². The Kier molecular flexibility index (Phi) is 4.82. The van der Waals surface area contributed by atoms with Crippen LogP contribution in [-0.2, 0) is 0 Å². The van der Waals surface area contributed by atoms with Crippen molar-refractivity contribution in [2.75, 3.05) is 32.7 Å². The number of pyridine rings is 1. The van der Waals surface area contributed by atoms with Crippen LogP contribution in [0.15, 0.2) is 23.1 Å². The average Bonchev–Trinajstić information content (AvgIpc) is 3.25. The van der Waals surface area contributed by atoms with E-state index < -0.39 is 0 Å². The van der Waals surface area contributed by atoms with Crippen molar-refractivity contribution < 1.29 is 4.79 Å². The second-order valence-electron chi connectivity index (χ2n) is 9.99. The van der Waals surface area contributed by atoms with Gasteiger partial charge < -0.3 is 9.88 Å². The molecule has 3 aliphatic rings. The van der Waals surface area contributed by atoms with Gasteiger partial charge >= 0.3 is 0 Å². The summed E-state index contributed by atoms with van der Waals surface area (Å²) in [5, 5.41) is 6.14. The Morgan fingerprint density at radius 3 is 2.53 bits per heavy atom. The topological polar surface area (TPSA) is 74.2 Å². The Morgan fingerprint density at radius 1 is 1.06 bits per heavy atom. The van der Waals surface area contributed by atoms with Crippen LogP contribution in [0.3, 0.4) is 0 Å². The average molecular weight is 434 g/mol. The molecule has 1 aliphatic heterocycles. The minimum absolute atomic E-state index is 0.0988. The number of benzene rings is 1. The second kappa shape index (κ2) is 7.73. The summed E-state index contributed by atoms with van der Waals surface area (Å²) >= 11 is 0. The fourth-order valence-electron chi connectivity index (χ4n) is 5.62. The van der Waals surface area contributed by atoms with Gasteiger partial charge in [-0.15, -0.1) is 0 Å². The lowest BCUT2D eigenvalue weighted by molar-refractivity contribution is 0.0631. The molecular formula is C25H31N5O2. The van der Waals surface area contributed by atoms with Crippen LogP contribution in [-0.4, -0.2) is 63.2 Å². The fourth-order valence-corrected chi connectivity index (χ4v) is 5.62. The van der Waals surface area contributed by atoms with Gasteiger partial charge in [-0.1, -0.05) is 12.8 Å². The van der Waals surface area contributed by atoms with E-state index >= 15 is 0 Å². The molecule has 7 heteroatoms. The number of nitrogens with one attached hydrogen (secondary N) is 1. The molecule has 6 rings (SSSR count). The molecule has 1 N–H and O–H groups in total. The third-order valence-corrected chi connectivity index (χ3v) is 7.68. The zero-order chi connectivity index (χ0) is 21.8. The smallest absolute Gasteiger partial charge is 0.259 e. The predicted molar refractivity (Wildman–Crippen MR) is 125 cm³/mol. The Morgan fingerprint density at radius 2 is 1.81 bits per heavy atom. The molecule has 168 valence electrons. The number of fused-ring (bicyclic) bond motifs is 3. The Balaban J connectivity index is 1.37. The first-order chi connectivity index (χ1) is 15.6. The molecule has 3 aromatic rings. The molecule has 0 radical (unpaired) electrons. The number of nitrogens with zero attached hydrogens (tertiary/aromatic N) is 4. The Labute approximate surface area is 187 Å². The highest BCUT2D eigenvalue weighted by Crippen LogP contribution is 2.34. The van der Waals surface area contributed by atoms with Gasteiger partial charge in [0.2, 0.25) is 0 Å². The highest BCUT2D eigenvalue weighted by atomic mass is 16.2. The van der Waals surface area contributed by atoms with Gasteiger partial charge in [-0.2, -0.15) is 5.10 Å². The third kappa shape index (κ3) is 3.43. The SMILES string of the molecule is Cc1cc2[nH]c(=O)c3cnn(C4CCCC4)c3c2cc1C(=O)N1CCN(CC2CC2)CC1. The summed E-state index contributed by atoms with van der Waals surface area (Å²) < 4.78 is 2.04. The molecule has 3 heterocycles. The summed E-state index contributed by atoms with van der Waals surface area (Å²) in [4.78, 5) is 33.7. The molecule has 2 aromatic heterocycles. The van der Waals surface area contributed by atoms with Crippen molar-refractivity contribution >= 4 is 27.7 Å². The first kappa shape index (κ1) is 20.0. The molecule has 7 nitrogen and oxygen atoms in total.